The Morgan fingerprint density at radius 3 is 2.06 bits per heavy atom. The first-order valence-electron chi connectivity index (χ1n) is 11.9. The molecule has 6 nitrogen and oxygen atoms in total. The zero-order chi connectivity index (χ0) is 24.0. The Kier molecular flexibility index (Phi) is 5.54. The molecule has 178 valence electrons. The van der Waals surface area contributed by atoms with Crippen LogP contribution in [-0.2, 0) is 20.8 Å². The van der Waals surface area contributed by atoms with Crippen molar-refractivity contribution in [3.63, 3.8) is 0 Å². The van der Waals surface area contributed by atoms with E-state index in [0.29, 0.717) is 12.4 Å². The molecule has 0 saturated carbocycles. The van der Waals surface area contributed by atoms with Crippen molar-refractivity contribution in [3.05, 3.63) is 102 Å². The lowest BCUT2D eigenvalue weighted by atomic mass is 10.0. The maximum Gasteiger partial charge on any atom is 0.190 e. The number of rotatable bonds is 5. The molecule has 2 aliphatic heterocycles. The van der Waals surface area contributed by atoms with Crippen LogP contribution in [0.1, 0.15) is 31.3 Å². The highest BCUT2D eigenvalue weighted by Gasteiger charge is 2.56. The molecule has 2 aliphatic rings. The molecular weight excluding hydrogens is 440 g/mol. The zero-order valence-electron chi connectivity index (χ0n) is 19.7. The Bertz CT molecular complexity index is 1300. The first-order valence-corrected chi connectivity index (χ1v) is 11.9. The van der Waals surface area contributed by atoms with Gasteiger partial charge >= 0.3 is 0 Å². The fraction of sp³-hybridized carbons (Fsp3) is 0.276. The molecule has 1 N–H and O–H groups in total. The second kappa shape index (κ2) is 8.73. The number of fused-ring (bicyclic) bond motifs is 1. The molecule has 0 radical (unpaired) electrons. The van der Waals surface area contributed by atoms with E-state index in [1.54, 1.807) is 0 Å². The molecule has 4 atom stereocenters. The number of imidazole rings is 1. The molecule has 6 heteroatoms. The molecule has 6 rings (SSSR count). The fourth-order valence-electron chi connectivity index (χ4n) is 5.00. The van der Waals surface area contributed by atoms with E-state index < -0.39 is 30.4 Å². The molecule has 0 amide bonds. The highest BCUT2D eigenvalue weighted by atomic mass is 16.8. The van der Waals surface area contributed by atoms with Gasteiger partial charge in [0.15, 0.2) is 12.1 Å². The van der Waals surface area contributed by atoms with Crippen LogP contribution in [0.5, 0.6) is 0 Å². The number of aliphatic hydroxyl groups is 1. The van der Waals surface area contributed by atoms with E-state index in [4.69, 9.17) is 19.2 Å². The fourth-order valence-corrected chi connectivity index (χ4v) is 5.00. The third kappa shape index (κ3) is 4.09. The Morgan fingerprint density at radius 2 is 1.43 bits per heavy atom. The lowest BCUT2D eigenvalue weighted by Gasteiger charge is -2.23. The van der Waals surface area contributed by atoms with Crippen LogP contribution in [0, 0.1) is 0 Å². The average molecular weight is 469 g/mol. The average Bonchev–Trinajstić information content (AvgIpc) is 3.49. The highest BCUT2D eigenvalue weighted by Crippen LogP contribution is 2.45. The first kappa shape index (κ1) is 22.2. The van der Waals surface area contributed by atoms with E-state index in [0.717, 1.165) is 28.1 Å². The quantitative estimate of drug-likeness (QED) is 0.438. The third-order valence-corrected chi connectivity index (χ3v) is 6.55. The molecule has 35 heavy (non-hydrogen) atoms. The van der Waals surface area contributed by atoms with Gasteiger partial charge in [-0.3, -0.25) is 0 Å². The van der Waals surface area contributed by atoms with Crippen molar-refractivity contribution < 1.29 is 19.3 Å². The second-order valence-electron chi connectivity index (χ2n) is 9.49. The Balaban J connectivity index is 1.53. The first-order chi connectivity index (χ1) is 17.0. The molecule has 4 aromatic rings. The monoisotopic (exact) mass is 468 g/mol. The van der Waals surface area contributed by atoms with Crippen LogP contribution in [-0.4, -0.2) is 38.9 Å². The van der Waals surface area contributed by atoms with E-state index in [-0.39, 0.29) is 0 Å². The predicted octanol–water partition coefficient (Wildman–Crippen LogP) is 5.18. The predicted molar refractivity (Wildman–Crippen MR) is 132 cm³/mol. The van der Waals surface area contributed by atoms with Gasteiger partial charge in [0.25, 0.3) is 0 Å². The van der Waals surface area contributed by atoms with Crippen molar-refractivity contribution in [2.45, 2.75) is 50.8 Å². The molecule has 0 aliphatic carbocycles. The van der Waals surface area contributed by atoms with Gasteiger partial charge in [-0.15, -0.1) is 0 Å². The number of hydrogen-bond donors (Lipinski definition) is 1. The van der Waals surface area contributed by atoms with Gasteiger partial charge in [0, 0.05) is 17.7 Å². The van der Waals surface area contributed by atoms with E-state index in [1.165, 1.54) is 0 Å². The lowest BCUT2D eigenvalue weighted by Crippen LogP contribution is -2.32. The number of aromatic nitrogens is 2. The van der Waals surface area contributed by atoms with Gasteiger partial charge in [-0.2, -0.15) is 0 Å². The van der Waals surface area contributed by atoms with Crippen molar-refractivity contribution in [3.8, 4) is 22.5 Å². The molecule has 0 unspecified atom stereocenters. The molecule has 2 fully saturated rings. The van der Waals surface area contributed by atoms with Gasteiger partial charge in [-0.1, -0.05) is 91.0 Å². The van der Waals surface area contributed by atoms with E-state index in [9.17, 15) is 5.11 Å². The van der Waals surface area contributed by atoms with E-state index >= 15 is 0 Å². The normalized spacial score (nSPS) is 25.0. The van der Waals surface area contributed by atoms with Gasteiger partial charge in [-0.25, -0.2) is 4.98 Å². The summed E-state index contributed by atoms with van der Waals surface area (Å²) in [6.45, 7) is 4.23. The van der Waals surface area contributed by atoms with Crippen molar-refractivity contribution in [2.24, 2.45) is 0 Å². The van der Waals surface area contributed by atoms with Crippen LogP contribution in [0.25, 0.3) is 22.5 Å². The number of benzene rings is 3. The van der Waals surface area contributed by atoms with Crippen molar-refractivity contribution >= 4 is 0 Å². The number of ether oxygens (including phenoxy) is 3. The molecule has 2 saturated heterocycles. The van der Waals surface area contributed by atoms with Crippen LogP contribution in [0.15, 0.2) is 91.0 Å². The van der Waals surface area contributed by atoms with Crippen molar-refractivity contribution in [1.82, 2.24) is 9.55 Å². The smallest absolute Gasteiger partial charge is 0.190 e. The maximum atomic E-state index is 11.3. The highest BCUT2D eigenvalue weighted by molar-refractivity contribution is 5.79. The largest absolute Gasteiger partial charge is 0.387 e. The third-order valence-electron chi connectivity index (χ3n) is 6.55. The molecule has 1 aromatic heterocycles. The lowest BCUT2D eigenvalue weighted by molar-refractivity contribution is -0.217. The van der Waals surface area contributed by atoms with Gasteiger partial charge in [-0.05, 0) is 19.4 Å². The van der Waals surface area contributed by atoms with Gasteiger partial charge < -0.3 is 23.9 Å². The number of nitrogens with zero attached hydrogens (tertiary/aromatic N) is 2. The summed E-state index contributed by atoms with van der Waals surface area (Å²) in [5.41, 5.74) is 5.00. The summed E-state index contributed by atoms with van der Waals surface area (Å²) >= 11 is 0. The van der Waals surface area contributed by atoms with Crippen LogP contribution in [0.2, 0.25) is 0 Å². The van der Waals surface area contributed by atoms with Crippen LogP contribution < -0.4 is 0 Å². The Morgan fingerprint density at radius 1 is 0.829 bits per heavy atom. The van der Waals surface area contributed by atoms with E-state index in [2.05, 4.69) is 41.0 Å². The summed E-state index contributed by atoms with van der Waals surface area (Å²) in [4.78, 5) is 5.12. The minimum atomic E-state index is -0.911. The Hall–Kier alpha value is -3.29. The van der Waals surface area contributed by atoms with Gasteiger partial charge in [0.05, 0.1) is 11.4 Å². The van der Waals surface area contributed by atoms with Gasteiger partial charge in [0.2, 0.25) is 0 Å². The molecule has 3 heterocycles. The number of aliphatic hydroxyl groups excluding tert-OH is 1. The summed E-state index contributed by atoms with van der Waals surface area (Å²) in [5.74, 6) is -0.149. The minimum absolute atomic E-state index is 0.572. The van der Waals surface area contributed by atoms with Crippen LogP contribution in [0.3, 0.4) is 0 Å². The van der Waals surface area contributed by atoms with E-state index in [1.807, 2.05) is 68.4 Å². The van der Waals surface area contributed by atoms with Crippen LogP contribution in [0.4, 0.5) is 0 Å². The molecule has 3 aromatic carbocycles. The summed E-state index contributed by atoms with van der Waals surface area (Å²) < 4.78 is 20.3. The van der Waals surface area contributed by atoms with Crippen molar-refractivity contribution in [1.29, 1.82) is 0 Å². The summed E-state index contributed by atoms with van der Waals surface area (Å²) in [6, 6.07) is 30.6. The standard InChI is InChI=1S/C29H28N2O4/c1-29(2)34-26-24(32)25(33-28(26)35-29)27-30-22(20-14-8-4-9-15-20)23(21-16-10-5-11-17-21)31(27)18-19-12-6-3-7-13-19/h3-17,24-26,28,32H,18H2,1-2H3/t24-,25-,26+,28+/m0/s1. The SMILES string of the molecule is CC1(C)O[C@H]2O[C@H](c3nc(-c4ccccc4)c(-c4ccccc4)n3Cc3ccccc3)[C@H](O)[C@H]2O1. The van der Waals surface area contributed by atoms with Crippen molar-refractivity contribution in [2.75, 3.05) is 0 Å². The second-order valence-corrected chi connectivity index (χ2v) is 9.49. The number of hydrogen-bond acceptors (Lipinski definition) is 5. The van der Waals surface area contributed by atoms with Crippen LogP contribution >= 0.6 is 0 Å². The Labute approximate surface area is 204 Å². The summed E-state index contributed by atoms with van der Waals surface area (Å²) in [6.07, 6.45) is -2.82. The summed E-state index contributed by atoms with van der Waals surface area (Å²) in [7, 11) is 0. The minimum Gasteiger partial charge on any atom is -0.387 e. The molecular formula is C29H28N2O4. The summed E-state index contributed by atoms with van der Waals surface area (Å²) in [5, 5.41) is 11.3. The topological polar surface area (TPSA) is 65.7 Å². The van der Waals surface area contributed by atoms with Gasteiger partial charge in [0.1, 0.15) is 24.1 Å². The molecule has 0 bridgehead atoms. The maximum absolute atomic E-state index is 11.3. The zero-order valence-corrected chi connectivity index (χ0v) is 19.7. The molecule has 0 spiro atoms.